The summed E-state index contributed by atoms with van der Waals surface area (Å²) >= 11 is 3.37. The monoisotopic (exact) mass is 425 g/mol. The summed E-state index contributed by atoms with van der Waals surface area (Å²) in [4.78, 5) is 12.5. The van der Waals surface area contributed by atoms with E-state index in [1.165, 1.54) is 0 Å². The van der Waals surface area contributed by atoms with Crippen molar-refractivity contribution in [3.8, 4) is 16.9 Å². The molecule has 0 fully saturated rings. The molecular weight excluding hydrogens is 406 g/mol. The number of hydrogen-bond donors (Lipinski definition) is 2. The van der Waals surface area contributed by atoms with Gasteiger partial charge in [-0.15, -0.1) is 0 Å². The molecule has 0 saturated carbocycles. The summed E-state index contributed by atoms with van der Waals surface area (Å²) in [6.45, 7) is 1.52. The number of anilines is 1. The van der Waals surface area contributed by atoms with Crippen molar-refractivity contribution in [2.45, 2.75) is 19.6 Å². The Balaban J connectivity index is 1.66. The maximum Gasteiger partial charge on any atom is 0.265 e. The molecular formula is C22H20BrNO3. The molecule has 5 heteroatoms. The topological polar surface area (TPSA) is 58.6 Å². The van der Waals surface area contributed by atoms with E-state index < -0.39 is 6.10 Å². The zero-order valence-electron chi connectivity index (χ0n) is 14.9. The predicted octanol–water partition coefficient (Wildman–Crippen LogP) is 5.01. The van der Waals surface area contributed by atoms with E-state index in [-0.39, 0.29) is 12.5 Å². The van der Waals surface area contributed by atoms with Crippen LogP contribution < -0.4 is 10.1 Å². The average molecular weight is 426 g/mol. The maximum absolute atomic E-state index is 12.5. The summed E-state index contributed by atoms with van der Waals surface area (Å²) in [5, 5.41) is 12.3. The van der Waals surface area contributed by atoms with Gasteiger partial charge in [-0.2, -0.15) is 0 Å². The highest BCUT2D eigenvalue weighted by molar-refractivity contribution is 9.10. The normalized spacial score (nSPS) is 11.7. The van der Waals surface area contributed by atoms with E-state index in [0.717, 1.165) is 15.6 Å². The van der Waals surface area contributed by atoms with E-state index in [0.29, 0.717) is 17.0 Å². The Morgan fingerprint density at radius 3 is 2.33 bits per heavy atom. The molecule has 1 unspecified atom stereocenters. The van der Waals surface area contributed by atoms with Crippen LogP contribution in [0.1, 0.15) is 12.5 Å². The van der Waals surface area contributed by atoms with E-state index in [1.807, 2.05) is 60.7 Å². The van der Waals surface area contributed by atoms with Crippen molar-refractivity contribution in [1.82, 2.24) is 0 Å². The Kier molecular flexibility index (Phi) is 6.27. The van der Waals surface area contributed by atoms with Gasteiger partial charge in [0.2, 0.25) is 0 Å². The van der Waals surface area contributed by atoms with Crippen LogP contribution in [-0.2, 0) is 11.4 Å². The number of hydrogen-bond acceptors (Lipinski definition) is 3. The van der Waals surface area contributed by atoms with E-state index in [2.05, 4.69) is 21.2 Å². The third-order valence-corrected chi connectivity index (χ3v) is 4.92. The van der Waals surface area contributed by atoms with Crippen LogP contribution in [0.25, 0.3) is 11.1 Å². The Morgan fingerprint density at radius 2 is 1.67 bits per heavy atom. The van der Waals surface area contributed by atoms with E-state index in [9.17, 15) is 9.90 Å². The molecule has 1 atom stereocenters. The van der Waals surface area contributed by atoms with Crippen LogP contribution in [0.3, 0.4) is 0 Å². The van der Waals surface area contributed by atoms with E-state index in [4.69, 9.17) is 4.74 Å². The van der Waals surface area contributed by atoms with Gasteiger partial charge in [-0.25, -0.2) is 0 Å². The highest BCUT2D eigenvalue weighted by Gasteiger charge is 2.17. The van der Waals surface area contributed by atoms with Gasteiger partial charge < -0.3 is 15.2 Å². The fourth-order valence-corrected chi connectivity index (χ4v) is 3.18. The van der Waals surface area contributed by atoms with Crippen LogP contribution in [0.5, 0.6) is 5.75 Å². The first-order valence-electron chi connectivity index (χ1n) is 8.59. The molecule has 2 N–H and O–H groups in total. The van der Waals surface area contributed by atoms with Crippen molar-refractivity contribution in [3.63, 3.8) is 0 Å². The number of rotatable bonds is 6. The van der Waals surface area contributed by atoms with Crippen molar-refractivity contribution in [1.29, 1.82) is 0 Å². The van der Waals surface area contributed by atoms with Gasteiger partial charge >= 0.3 is 0 Å². The average Bonchev–Trinajstić information content (AvgIpc) is 2.69. The summed E-state index contributed by atoms with van der Waals surface area (Å²) in [5.41, 5.74) is 3.40. The number of aliphatic hydroxyl groups excluding tert-OH is 1. The zero-order valence-corrected chi connectivity index (χ0v) is 16.4. The van der Waals surface area contributed by atoms with Gasteiger partial charge in [0.1, 0.15) is 5.75 Å². The molecule has 0 spiro atoms. The quantitative estimate of drug-likeness (QED) is 0.583. The standard InChI is InChI=1S/C22H20BrNO3/c1-15(22(26)24-21-9-5-8-20(23)19(21)14-25)27-18-12-10-17(11-13-18)16-6-3-2-4-7-16/h2-13,15,25H,14H2,1H3,(H,24,26). The lowest BCUT2D eigenvalue weighted by Gasteiger charge is -2.17. The summed E-state index contributed by atoms with van der Waals surface area (Å²) in [6, 6.07) is 23.1. The minimum atomic E-state index is -0.682. The third kappa shape index (κ3) is 4.76. The van der Waals surface area contributed by atoms with Gasteiger partial charge in [0.25, 0.3) is 5.91 Å². The van der Waals surface area contributed by atoms with Crippen molar-refractivity contribution < 1.29 is 14.6 Å². The molecule has 3 aromatic carbocycles. The number of aliphatic hydroxyl groups is 1. The van der Waals surface area contributed by atoms with Gasteiger partial charge in [0, 0.05) is 15.7 Å². The van der Waals surface area contributed by atoms with Crippen LogP contribution in [0, 0.1) is 0 Å². The minimum Gasteiger partial charge on any atom is -0.481 e. The van der Waals surface area contributed by atoms with Crippen molar-refractivity contribution in [3.05, 3.63) is 82.8 Å². The molecule has 0 radical (unpaired) electrons. The summed E-state index contributed by atoms with van der Waals surface area (Å²) < 4.78 is 6.50. The Morgan fingerprint density at radius 1 is 1.00 bits per heavy atom. The van der Waals surface area contributed by atoms with Crippen molar-refractivity contribution in [2.75, 3.05) is 5.32 Å². The Labute approximate surface area is 166 Å². The lowest BCUT2D eigenvalue weighted by molar-refractivity contribution is -0.122. The van der Waals surface area contributed by atoms with Crippen LogP contribution in [0.15, 0.2) is 77.3 Å². The molecule has 27 heavy (non-hydrogen) atoms. The van der Waals surface area contributed by atoms with Crippen LogP contribution >= 0.6 is 15.9 Å². The van der Waals surface area contributed by atoms with E-state index >= 15 is 0 Å². The molecule has 3 aromatic rings. The molecule has 0 aliphatic heterocycles. The molecule has 0 aliphatic carbocycles. The van der Waals surface area contributed by atoms with Gasteiger partial charge in [-0.1, -0.05) is 64.5 Å². The van der Waals surface area contributed by atoms with Crippen LogP contribution in [0.4, 0.5) is 5.69 Å². The summed E-state index contributed by atoms with van der Waals surface area (Å²) in [5.74, 6) is 0.337. The number of amides is 1. The molecule has 138 valence electrons. The number of nitrogens with one attached hydrogen (secondary N) is 1. The SMILES string of the molecule is CC(Oc1ccc(-c2ccccc2)cc1)C(=O)Nc1cccc(Br)c1CO. The maximum atomic E-state index is 12.5. The fraction of sp³-hybridized carbons (Fsp3) is 0.136. The number of ether oxygens (including phenoxy) is 1. The Hall–Kier alpha value is -2.63. The lowest BCUT2D eigenvalue weighted by Crippen LogP contribution is -2.30. The second-order valence-corrected chi connectivity index (χ2v) is 6.92. The lowest BCUT2D eigenvalue weighted by atomic mass is 10.1. The predicted molar refractivity (Wildman–Crippen MR) is 111 cm³/mol. The van der Waals surface area contributed by atoms with Crippen molar-refractivity contribution >= 4 is 27.5 Å². The smallest absolute Gasteiger partial charge is 0.265 e. The van der Waals surface area contributed by atoms with Crippen LogP contribution in [-0.4, -0.2) is 17.1 Å². The van der Waals surface area contributed by atoms with Gasteiger partial charge in [0.05, 0.1) is 6.61 Å². The highest BCUT2D eigenvalue weighted by Crippen LogP contribution is 2.26. The molecule has 1 amide bonds. The molecule has 3 rings (SSSR count). The molecule has 0 saturated heterocycles. The van der Waals surface area contributed by atoms with E-state index in [1.54, 1.807) is 19.1 Å². The minimum absolute atomic E-state index is 0.173. The first-order valence-corrected chi connectivity index (χ1v) is 9.39. The second-order valence-electron chi connectivity index (χ2n) is 6.06. The number of halogens is 1. The number of carbonyl (C=O) groups is 1. The molecule has 0 aliphatic rings. The Bertz CT molecular complexity index is 911. The largest absolute Gasteiger partial charge is 0.481 e. The fourth-order valence-electron chi connectivity index (χ4n) is 2.69. The summed E-state index contributed by atoms with van der Waals surface area (Å²) in [7, 11) is 0. The molecule has 0 heterocycles. The summed E-state index contributed by atoms with van der Waals surface area (Å²) in [6.07, 6.45) is -0.682. The number of benzene rings is 3. The van der Waals surface area contributed by atoms with Gasteiger partial charge in [-0.3, -0.25) is 4.79 Å². The molecule has 4 nitrogen and oxygen atoms in total. The van der Waals surface area contributed by atoms with Gasteiger partial charge in [-0.05, 0) is 42.3 Å². The second kappa shape index (κ2) is 8.84. The van der Waals surface area contributed by atoms with Crippen LogP contribution in [0.2, 0.25) is 0 Å². The first-order chi connectivity index (χ1) is 13.1. The highest BCUT2D eigenvalue weighted by atomic mass is 79.9. The van der Waals surface area contributed by atoms with Crippen molar-refractivity contribution in [2.24, 2.45) is 0 Å². The first kappa shape index (κ1) is 19.1. The number of carbonyl (C=O) groups excluding carboxylic acids is 1. The molecule has 0 aromatic heterocycles. The van der Waals surface area contributed by atoms with Gasteiger partial charge in [0.15, 0.2) is 6.10 Å². The third-order valence-electron chi connectivity index (χ3n) is 4.18. The zero-order chi connectivity index (χ0) is 19.2. The molecule has 0 bridgehead atoms.